The quantitative estimate of drug-likeness (QED) is 0.614. The van der Waals surface area contributed by atoms with Crippen molar-refractivity contribution in [2.24, 2.45) is 0 Å². The van der Waals surface area contributed by atoms with Crippen LogP contribution in [0.15, 0.2) is 41.1 Å². The van der Waals surface area contributed by atoms with E-state index >= 15 is 0 Å². The van der Waals surface area contributed by atoms with Crippen molar-refractivity contribution in [2.75, 3.05) is 26.1 Å². The average Bonchev–Trinajstić information content (AvgIpc) is 3.22. The number of esters is 1. The molecule has 1 fully saturated rings. The Kier molecular flexibility index (Phi) is 5.16. The molecular formula is C21H26N2O3. The van der Waals surface area contributed by atoms with Gasteiger partial charge in [0.1, 0.15) is 0 Å². The zero-order valence-corrected chi connectivity index (χ0v) is 15.9. The standard InChI is InChI=1S/C21H26N2O3/c1-14-19(21(25)26-4)18(20(24)23(14)17-7-5-6-8-17)13-15-9-11-16(12-10-15)22(2)3/h9-13,17H,5-8H2,1-4H3/b18-13-. The number of hydrogen-bond acceptors (Lipinski definition) is 4. The number of benzene rings is 1. The Bertz CT molecular complexity index is 769. The van der Waals surface area contributed by atoms with E-state index in [-0.39, 0.29) is 11.9 Å². The Morgan fingerprint density at radius 1 is 1.19 bits per heavy atom. The summed E-state index contributed by atoms with van der Waals surface area (Å²) in [4.78, 5) is 29.3. The van der Waals surface area contributed by atoms with Crippen molar-refractivity contribution >= 4 is 23.6 Å². The lowest BCUT2D eigenvalue weighted by Crippen LogP contribution is -2.34. The fraction of sp³-hybridized carbons (Fsp3) is 0.429. The summed E-state index contributed by atoms with van der Waals surface area (Å²) < 4.78 is 4.96. The van der Waals surface area contributed by atoms with Crippen LogP contribution in [-0.2, 0) is 14.3 Å². The maximum absolute atomic E-state index is 13.1. The van der Waals surface area contributed by atoms with E-state index in [4.69, 9.17) is 4.74 Å². The molecule has 5 heteroatoms. The summed E-state index contributed by atoms with van der Waals surface area (Å²) in [5, 5.41) is 0. The molecule has 0 N–H and O–H groups in total. The number of anilines is 1. The van der Waals surface area contributed by atoms with Gasteiger partial charge < -0.3 is 14.5 Å². The molecular weight excluding hydrogens is 328 g/mol. The molecule has 0 atom stereocenters. The second-order valence-corrected chi connectivity index (χ2v) is 7.11. The van der Waals surface area contributed by atoms with Gasteiger partial charge in [0.15, 0.2) is 0 Å². The third-order valence-corrected chi connectivity index (χ3v) is 5.24. The van der Waals surface area contributed by atoms with Gasteiger partial charge in [-0.25, -0.2) is 4.79 Å². The average molecular weight is 354 g/mol. The molecule has 0 saturated heterocycles. The second-order valence-electron chi connectivity index (χ2n) is 7.11. The number of allylic oxidation sites excluding steroid dienone is 1. The van der Waals surface area contributed by atoms with Crippen LogP contribution in [0.2, 0.25) is 0 Å². The highest BCUT2D eigenvalue weighted by Gasteiger charge is 2.40. The van der Waals surface area contributed by atoms with Crippen LogP contribution in [0.1, 0.15) is 38.2 Å². The van der Waals surface area contributed by atoms with Gasteiger partial charge in [-0.15, -0.1) is 0 Å². The van der Waals surface area contributed by atoms with Gasteiger partial charge >= 0.3 is 5.97 Å². The van der Waals surface area contributed by atoms with Gasteiger partial charge in [-0.05, 0) is 43.5 Å². The van der Waals surface area contributed by atoms with Crippen molar-refractivity contribution in [1.82, 2.24) is 4.90 Å². The van der Waals surface area contributed by atoms with E-state index in [1.54, 1.807) is 11.0 Å². The van der Waals surface area contributed by atoms with E-state index in [1.807, 2.05) is 50.2 Å². The third kappa shape index (κ3) is 3.26. The number of amides is 1. The number of carbonyl (C=O) groups excluding carboxylic acids is 2. The minimum absolute atomic E-state index is 0.0912. The Labute approximate surface area is 154 Å². The van der Waals surface area contributed by atoms with Crippen LogP contribution in [0, 0.1) is 0 Å². The molecule has 138 valence electrons. The van der Waals surface area contributed by atoms with Crippen LogP contribution >= 0.6 is 0 Å². The van der Waals surface area contributed by atoms with Crippen molar-refractivity contribution in [2.45, 2.75) is 38.6 Å². The predicted octanol–water partition coefficient (Wildman–Crippen LogP) is 3.37. The first-order chi connectivity index (χ1) is 12.4. The zero-order valence-electron chi connectivity index (χ0n) is 15.9. The maximum Gasteiger partial charge on any atom is 0.340 e. The van der Waals surface area contributed by atoms with Crippen molar-refractivity contribution in [3.05, 3.63) is 46.7 Å². The second kappa shape index (κ2) is 7.36. The number of ether oxygens (including phenoxy) is 1. The van der Waals surface area contributed by atoms with E-state index in [2.05, 4.69) is 0 Å². The summed E-state index contributed by atoms with van der Waals surface area (Å²) in [5.41, 5.74) is 3.50. The fourth-order valence-corrected chi connectivity index (χ4v) is 3.84. The number of carbonyl (C=O) groups is 2. The smallest absolute Gasteiger partial charge is 0.340 e. The number of nitrogens with zero attached hydrogens (tertiary/aromatic N) is 2. The molecule has 1 heterocycles. The van der Waals surface area contributed by atoms with Gasteiger partial charge in [0, 0.05) is 31.5 Å². The summed E-state index contributed by atoms with van der Waals surface area (Å²) in [6.45, 7) is 1.85. The molecule has 1 amide bonds. The van der Waals surface area contributed by atoms with Crippen molar-refractivity contribution in [3.8, 4) is 0 Å². The lowest BCUT2D eigenvalue weighted by atomic mass is 10.0. The molecule has 1 aromatic carbocycles. The van der Waals surface area contributed by atoms with Crippen LogP contribution in [0.3, 0.4) is 0 Å². The predicted molar refractivity (Wildman–Crippen MR) is 103 cm³/mol. The van der Waals surface area contributed by atoms with E-state index in [9.17, 15) is 9.59 Å². The lowest BCUT2D eigenvalue weighted by molar-refractivity contribution is -0.136. The normalized spacial score (nSPS) is 19.6. The Morgan fingerprint density at radius 2 is 1.81 bits per heavy atom. The molecule has 3 rings (SSSR count). The summed E-state index contributed by atoms with van der Waals surface area (Å²) in [6, 6.07) is 8.09. The number of hydrogen-bond donors (Lipinski definition) is 0. The molecule has 0 unspecified atom stereocenters. The molecule has 26 heavy (non-hydrogen) atoms. The molecule has 1 aliphatic heterocycles. The van der Waals surface area contributed by atoms with Gasteiger partial charge in [-0.2, -0.15) is 0 Å². The van der Waals surface area contributed by atoms with Gasteiger partial charge in [0.25, 0.3) is 5.91 Å². The molecule has 1 aliphatic carbocycles. The molecule has 0 radical (unpaired) electrons. The first-order valence-corrected chi connectivity index (χ1v) is 9.06. The molecule has 0 spiro atoms. The molecule has 5 nitrogen and oxygen atoms in total. The molecule has 1 saturated carbocycles. The maximum atomic E-state index is 13.1. The monoisotopic (exact) mass is 354 g/mol. The Morgan fingerprint density at radius 3 is 2.35 bits per heavy atom. The van der Waals surface area contributed by atoms with Crippen LogP contribution < -0.4 is 4.90 Å². The summed E-state index contributed by atoms with van der Waals surface area (Å²) in [6.07, 6.45) is 6.03. The van der Waals surface area contributed by atoms with Crippen LogP contribution in [0.4, 0.5) is 5.69 Å². The van der Waals surface area contributed by atoms with Crippen molar-refractivity contribution < 1.29 is 14.3 Å². The Hall–Kier alpha value is -2.56. The van der Waals surface area contributed by atoms with Gasteiger partial charge in [-0.1, -0.05) is 25.0 Å². The van der Waals surface area contributed by atoms with E-state index in [0.29, 0.717) is 16.8 Å². The van der Waals surface area contributed by atoms with Gasteiger partial charge in [-0.3, -0.25) is 4.79 Å². The van der Waals surface area contributed by atoms with Gasteiger partial charge in [0.2, 0.25) is 0 Å². The Balaban J connectivity index is 2.00. The third-order valence-electron chi connectivity index (χ3n) is 5.24. The van der Waals surface area contributed by atoms with Crippen molar-refractivity contribution in [1.29, 1.82) is 0 Å². The van der Waals surface area contributed by atoms with Crippen molar-refractivity contribution in [3.63, 3.8) is 0 Å². The van der Waals surface area contributed by atoms with E-state index < -0.39 is 5.97 Å². The highest BCUT2D eigenvalue weighted by Crippen LogP contribution is 2.37. The minimum Gasteiger partial charge on any atom is -0.465 e. The summed E-state index contributed by atoms with van der Waals surface area (Å²) in [5.74, 6) is -0.543. The first kappa shape index (κ1) is 18.2. The van der Waals surface area contributed by atoms with Crippen LogP contribution in [0.5, 0.6) is 0 Å². The largest absolute Gasteiger partial charge is 0.465 e. The number of rotatable bonds is 4. The number of methoxy groups -OCH3 is 1. The highest BCUT2D eigenvalue weighted by molar-refractivity contribution is 6.16. The summed E-state index contributed by atoms with van der Waals surface area (Å²) in [7, 11) is 5.32. The first-order valence-electron chi connectivity index (χ1n) is 9.06. The van der Waals surface area contributed by atoms with E-state index in [0.717, 1.165) is 36.9 Å². The van der Waals surface area contributed by atoms with Crippen LogP contribution in [-0.4, -0.2) is 44.0 Å². The molecule has 0 aromatic heterocycles. The van der Waals surface area contributed by atoms with Gasteiger partial charge in [0.05, 0.1) is 18.3 Å². The molecule has 1 aromatic rings. The SMILES string of the molecule is COC(=O)C1=C(C)N(C2CCCC2)C(=O)/C1=C\c1ccc(N(C)C)cc1. The highest BCUT2D eigenvalue weighted by atomic mass is 16.5. The lowest BCUT2D eigenvalue weighted by Gasteiger charge is -2.25. The zero-order chi connectivity index (χ0) is 18.8. The fourth-order valence-electron chi connectivity index (χ4n) is 3.84. The molecule has 2 aliphatic rings. The van der Waals surface area contributed by atoms with Crippen LogP contribution in [0.25, 0.3) is 6.08 Å². The molecule has 0 bridgehead atoms. The van der Waals surface area contributed by atoms with E-state index in [1.165, 1.54) is 7.11 Å². The topological polar surface area (TPSA) is 49.9 Å². The minimum atomic E-state index is -0.451. The summed E-state index contributed by atoms with van der Waals surface area (Å²) >= 11 is 0.